The van der Waals surface area contributed by atoms with Gasteiger partial charge in [0.05, 0.1) is 5.56 Å². The van der Waals surface area contributed by atoms with E-state index in [-0.39, 0.29) is 43.1 Å². The Bertz CT molecular complexity index is 1390. The fraction of sp³-hybridized carbons (Fsp3) is 0.367. The molecule has 4 amide bonds. The van der Waals surface area contributed by atoms with Crippen molar-refractivity contribution in [1.29, 1.82) is 0 Å². The maximum absolute atomic E-state index is 13.7. The highest BCUT2D eigenvalue weighted by Crippen LogP contribution is 2.31. The first-order valence-electron chi connectivity index (χ1n) is 13.3. The van der Waals surface area contributed by atoms with Crippen molar-refractivity contribution < 1.29 is 27.6 Å². The highest BCUT2D eigenvalue weighted by atomic mass is 19.4. The molecule has 0 bridgehead atoms. The van der Waals surface area contributed by atoms with E-state index in [0.29, 0.717) is 12.0 Å². The van der Waals surface area contributed by atoms with Crippen LogP contribution in [-0.4, -0.2) is 59.4 Å². The molecule has 2 N–H and O–H groups in total. The fourth-order valence-corrected chi connectivity index (χ4v) is 4.95. The van der Waals surface area contributed by atoms with Gasteiger partial charge in [-0.15, -0.1) is 0 Å². The number of piperazine rings is 1. The van der Waals surface area contributed by atoms with Crippen LogP contribution in [0.5, 0.6) is 0 Å². The first-order valence-corrected chi connectivity index (χ1v) is 13.3. The van der Waals surface area contributed by atoms with Gasteiger partial charge in [-0.3, -0.25) is 9.59 Å². The number of anilines is 1. The summed E-state index contributed by atoms with van der Waals surface area (Å²) in [6, 6.07) is 15.8. The molecule has 40 heavy (non-hydrogen) atoms. The van der Waals surface area contributed by atoms with Gasteiger partial charge in [-0.25, -0.2) is 4.79 Å². The summed E-state index contributed by atoms with van der Waals surface area (Å²) in [6.07, 6.45) is -3.85. The van der Waals surface area contributed by atoms with Crippen molar-refractivity contribution in [3.63, 3.8) is 0 Å². The average Bonchev–Trinajstić information content (AvgIpc) is 2.94. The van der Waals surface area contributed by atoms with E-state index in [2.05, 4.69) is 10.6 Å². The third-order valence-electron chi connectivity index (χ3n) is 7.44. The van der Waals surface area contributed by atoms with E-state index in [1.165, 1.54) is 17.0 Å². The third kappa shape index (κ3) is 6.38. The second kappa shape index (κ2) is 12.0. The SMILES string of the molecule is CCC(C)C(NC(=O)c1cccc2ccccc12)C(=O)N1CCN(C(=O)Nc2cccc(C(F)(F)F)c2)C(C)C1. The van der Waals surface area contributed by atoms with Crippen molar-refractivity contribution in [3.8, 4) is 0 Å². The molecule has 3 unspecified atom stereocenters. The number of halogens is 3. The Morgan fingerprint density at radius 1 is 1.00 bits per heavy atom. The summed E-state index contributed by atoms with van der Waals surface area (Å²) < 4.78 is 39.1. The van der Waals surface area contributed by atoms with Gasteiger partial charge < -0.3 is 20.4 Å². The van der Waals surface area contributed by atoms with Gasteiger partial charge in [0.15, 0.2) is 0 Å². The largest absolute Gasteiger partial charge is 0.416 e. The molecule has 1 heterocycles. The number of carbonyl (C=O) groups is 3. The highest BCUT2D eigenvalue weighted by Gasteiger charge is 2.36. The second-order valence-corrected chi connectivity index (χ2v) is 10.2. The molecule has 212 valence electrons. The zero-order valence-electron chi connectivity index (χ0n) is 22.7. The number of rotatable bonds is 6. The van der Waals surface area contributed by atoms with E-state index in [1.807, 2.05) is 50.2 Å². The van der Waals surface area contributed by atoms with Crippen molar-refractivity contribution in [2.75, 3.05) is 25.0 Å². The van der Waals surface area contributed by atoms with Crippen LogP contribution in [0, 0.1) is 5.92 Å². The summed E-state index contributed by atoms with van der Waals surface area (Å²) in [5.41, 5.74) is -0.322. The van der Waals surface area contributed by atoms with Crippen LogP contribution in [0.15, 0.2) is 66.7 Å². The normalized spacial score (nSPS) is 17.3. The smallest absolute Gasteiger partial charge is 0.340 e. The molecule has 0 saturated carbocycles. The van der Waals surface area contributed by atoms with Crippen LogP contribution in [0.4, 0.5) is 23.7 Å². The number of fused-ring (bicyclic) bond motifs is 1. The van der Waals surface area contributed by atoms with Gasteiger partial charge in [0.1, 0.15) is 6.04 Å². The lowest BCUT2D eigenvalue weighted by atomic mass is 9.96. The lowest BCUT2D eigenvalue weighted by molar-refractivity contribution is -0.138. The number of benzene rings is 3. The summed E-state index contributed by atoms with van der Waals surface area (Å²) in [5.74, 6) is -0.695. The van der Waals surface area contributed by atoms with Crippen LogP contribution in [0.3, 0.4) is 0 Å². The molecule has 4 rings (SSSR count). The molecule has 3 atom stereocenters. The number of urea groups is 1. The molecular formula is C30H33F3N4O3. The van der Waals surface area contributed by atoms with Gasteiger partial charge in [-0.05, 0) is 47.9 Å². The van der Waals surface area contributed by atoms with Gasteiger partial charge in [0, 0.05) is 36.9 Å². The minimum atomic E-state index is -4.52. The van der Waals surface area contributed by atoms with Crippen molar-refractivity contribution in [1.82, 2.24) is 15.1 Å². The lowest BCUT2D eigenvalue weighted by Gasteiger charge is -2.41. The maximum Gasteiger partial charge on any atom is 0.416 e. The van der Waals surface area contributed by atoms with Crippen LogP contribution in [0.25, 0.3) is 10.8 Å². The fourth-order valence-electron chi connectivity index (χ4n) is 4.95. The molecule has 0 radical (unpaired) electrons. The Kier molecular flexibility index (Phi) is 8.66. The Labute approximate surface area is 231 Å². The van der Waals surface area contributed by atoms with Crippen LogP contribution in [0.1, 0.15) is 43.1 Å². The summed E-state index contributed by atoms with van der Waals surface area (Å²) in [4.78, 5) is 43.0. The molecule has 1 fully saturated rings. The van der Waals surface area contributed by atoms with Gasteiger partial charge in [0.25, 0.3) is 5.91 Å². The van der Waals surface area contributed by atoms with Crippen LogP contribution >= 0.6 is 0 Å². The molecule has 1 aliphatic heterocycles. The summed E-state index contributed by atoms with van der Waals surface area (Å²) >= 11 is 0. The molecule has 3 aromatic rings. The molecule has 0 spiro atoms. The monoisotopic (exact) mass is 554 g/mol. The van der Waals surface area contributed by atoms with Crippen molar-refractivity contribution >= 4 is 34.3 Å². The number of hydrogen-bond donors (Lipinski definition) is 2. The minimum Gasteiger partial charge on any atom is -0.340 e. The molecule has 1 saturated heterocycles. The van der Waals surface area contributed by atoms with Gasteiger partial charge in [0.2, 0.25) is 5.91 Å². The number of nitrogens with zero attached hydrogens (tertiary/aromatic N) is 2. The molecule has 0 aliphatic carbocycles. The highest BCUT2D eigenvalue weighted by molar-refractivity contribution is 6.08. The summed E-state index contributed by atoms with van der Waals surface area (Å²) in [6.45, 7) is 6.30. The number of hydrogen-bond acceptors (Lipinski definition) is 3. The quantitative estimate of drug-likeness (QED) is 0.406. The van der Waals surface area contributed by atoms with E-state index in [0.717, 1.165) is 22.9 Å². The Hall–Kier alpha value is -4.08. The van der Waals surface area contributed by atoms with E-state index in [9.17, 15) is 27.6 Å². The molecular weight excluding hydrogens is 521 g/mol. The number of alkyl halides is 3. The predicted molar refractivity (Wildman–Crippen MR) is 148 cm³/mol. The zero-order chi connectivity index (χ0) is 29.0. The molecule has 3 aromatic carbocycles. The van der Waals surface area contributed by atoms with E-state index in [4.69, 9.17) is 0 Å². The second-order valence-electron chi connectivity index (χ2n) is 10.2. The topological polar surface area (TPSA) is 81.8 Å². The first kappa shape index (κ1) is 28.9. The lowest BCUT2D eigenvalue weighted by Crippen LogP contribution is -2.60. The zero-order valence-corrected chi connectivity index (χ0v) is 22.7. The van der Waals surface area contributed by atoms with Crippen molar-refractivity contribution in [3.05, 3.63) is 77.9 Å². The van der Waals surface area contributed by atoms with E-state index >= 15 is 0 Å². The maximum atomic E-state index is 13.7. The van der Waals surface area contributed by atoms with Crippen molar-refractivity contribution in [2.24, 2.45) is 5.92 Å². The van der Waals surface area contributed by atoms with Crippen LogP contribution < -0.4 is 10.6 Å². The first-order chi connectivity index (χ1) is 19.0. The number of carbonyl (C=O) groups excluding carboxylic acids is 3. The Balaban J connectivity index is 1.43. The molecule has 7 nitrogen and oxygen atoms in total. The molecule has 10 heteroatoms. The predicted octanol–water partition coefficient (Wildman–Crippen LogP) is 5.77. The average molecular weight is 555 g/mol. The van der Waals surface area contributed by atoms with Gasteiger partial charge >= 0.3 is 12.2 Å². The Morgan fingerprint density at radius 3 is 2.40 bits per heavy atom. The number of amides is 4. The molecule has 1 aliphatic rings. The van der Waals surface area contributed by atoms with Crippen molar-refractivity contribution in [2.45, 2.75) is 45.5 Å². The Morgan fingerprint density at radius 2 is 1.70 bits per heavy atom. The van der Waals surface area contributed by atoms with Crippen LogP contribution in [-0.2, 0) is 11.0 Å². The van der Waals surface area contributed by atoms with Gasteiger partial charge in [-0.2, -0.15) is 13.2 Å². The summed E-state index contributed by atoms with van der Waals surface area (Å²) in [7, 11) is 0. The van der Waals surface area contributed by atoms with Gasteiger partial charge in [-0.1, -0.05) is 62.7 Å². The standard InChI is InChI=1S/C30H33F3N4O3/c1-4-19(2)26(35-27(38)25-14-7-10-21-9-5-6-13-24(21)25)28(39)36-15-16-37(20(3)18-36)29(40)34-23-12-8-11-22(17-23)30(31,32)33/h5-14,17,19-20,26H,4,15-16,18H2,1-3H3,(H,34,40)(H,35,38). The third-order valence-corrected chi connectivity index (χ3v) is 7.44. The molecule has 0 aromatic heterocycles. The van der Waals surface area contributed by atoms with E-state index in [1.54, 1.807) is 17.9 Å². The van der Waals surface area contributed by atoms with Crippen LogP contribution in [0.2, 0.25) is 0 Å². The van der Waals surface area contributed by atoms with E-state index < -0.39 is 29.9 Å². The number of nitrogens with one attached hydrogen (secondary N) is 2. The minimum absolute atomic E-state index is 0.0403. The summed E-state index contributed by atoms with van der Waals surface area (Å²) in [5, 5.41) is 7.22.